The van der Waals surface area contributed by atoms with Crippen LogP contribution in [0.4, 0.5) is 0 Å². The van der Waals surface area contributed by atoms with Crippen molar-refractivity contribution in [2.45, 2.75) is 19.8 Å². The van der Waals surface area contributed by atoms with Gasteiger partial charge in [0.05, 0.1) is 6.61 Å². The molecule has 5 heteroatoms. The molecule has 1 N–H and O–H groups in total. The average Bonchev–Trinajstić information content (AvgIpc) is 2.32. The summed E-state index contributed by atoms with van der Waals surface area (Å²) < 4.78 is 4.93. The predicted octanol–water partition coefficient (Wildman–Crippen LogP) is 1.60. The van der Waals surface area contributed by atoms with Crippen molar-refractivity contribution in [1.82, 2.24) is 4.98 Å². The fourth-order valence-corrected chi connectivity index (χ4v) is 1.10. The summed E-state index contributed by atoms with van der Waals surface area (Å²) in [4.78, 5) is 15.3. The second-order valence-corrected chi connectivity index (χ2v) is 3.18. The standard InChI is InChI=1S/C11H14N2O3/c1-2-3-7-16-11(14)10(13-15)9-5-4-6-12-8-9/h4-6,8,15H,2-3,7H2,1H3/b13-10-. The molecule has 0 unspecified atom stereocenters. The Balaban J connectivity index is 2.66. The smallest absolute Gasteiger partial charge is 0.361 e. The number of hydrogen-bond donors (Lipinski definition) is 1. The highest BCUT2D eigenvalue weighted by Gasteiger charge is 2.16. The molecule has 0 saturated heterocycles. The van der Waals surface area contributed by atoms with Crippen molar-refractivity contribution in [3.63, 3.8) is 0 Å². The molecular formula is C11H14N2O3. The maximum atomic E-state index is 11.5. The summed E-state index contributed by atoms with van der Waals surface area (Å²) in [6.07, 6.45) is 4.74. The summed E-state index contributed by atoms with van der Waals surface area (Å²) in [5, 5.41) is 11.7. The summed E-state index contributed by atoms with van der Waals surface area (Å²) in [6.45, 7) is 2.32. The van der Waals surface area contributed by atoms with Crippen LogP contribution in [-0.2, 0) is 9.53 Å². The minimum Gasteiger partial charge on any atom is -0.461 e. The van der Waals surface area contributed by atoms with E-state index >= 15 is 0 Å². The number of unbranched alkanes of at least 4 members (excludes halogenated alkanes) is 1. The summed E-state index contributed by atoms with van der Waals surface area (Å²) in [5.41, 5.74) is 0.315. The first kappa shape index (κ1) is 12.2. The molecule has 0 atom stereocenters. The summed E-state index contributed by atoms with van der Waals surface area (Å²) >= 11 is 0. The Bertz CT molecular complexity index is 363. The van der Waals surface area contributed by atoms with Crippen LogP contribution in [0.3, 0.4) is 0 Å². The lowest BCUT2D eigenvalue weighted by Crippen LogP contribution is -2.19. The van der Waals surface area contributed by atoms with Crippen molar-refractivity contribution in [3.05, 3.63) is 30.1 Å². The number of rotatable bonds is 5. The van der Waals surface area contributed by atoms with Crippen molar-refractivity contribution in [3.8, 4) is 0 Å². The minimum atomic E-state index is -0.635. The zero-order chi connectivity index (χ0) is 11.8. The van der Waals surface area contributed by atoms with Crippen LogP contribution in [-0.4, -0.2) is 28.5 Å². The number of carbonyl (C=O) groups is 1. The largest absolute Gasteiger partial charge is 0.461 e. The van der Waals surface area contributed by atoms with Crippen LogP contribution in [0.1, 0.15) is 25.3 Å². The molecule has 0 bridgehead atoms. The molecule has 0 spiro atoms. The van der Waals surface area contributed by atoms with Gasteiger partial charge >= 0.3 is 5.97 Å². The number of pyridine rings is 1. The highest BCUT2D eigenvalue weighted by atomic mass is 16.5. The monoisotopic (exact) mass is 222 g/mol. The first-order chi connectivity index (χ1) is 7.79. The lowest BCUT2D eigenvalue weighted by Gasteiger charge is -2.04. The maximum Gasteiger partial charge on any atom is 0.361 e. The Morgan fingerprint density at radius 2 is 2.44 bits per heavy atom. The van der Waals surface area contributed by atoms with Crippen molar-refractivity contribution in [1.29, 1.82) is 0 Å². The van der Waals surface area contributed by atoms with Crippen molar-refractivity contribution < 1.29 is 14.7 Å². The van der Waals surface area contributed by atoms with E-state index in [9.17, 15) is 4.79 Å². The van der Waals surface area contributed by atoms with Gasteiger partial charge in [0.25, 0.3) is 0 Å². The lowest BCUT2D eigenvalue weighted by atomic mass is 10.2. The first-order valence-electron chi connectivity index (χ1n) is 5.09. The fraction of sp³-hybridized carbons (Fsp3) is 0.364. The molecule has 0 aromatic carbocycles. The zero-order valence-electron chi connectivity index (χ0n) is 9.09. The van der Waals surface area contributed by atoms with Gasteiger partial charge in [-0.3, -0.25) is 4.98 Å². The van der Waals surface area contributed by atoms with Gasteiger partial charge in [0.1, 0.15) is 0 Å². The number of oxime groups is 1. The third-order valence-electron chi connectivity index (χ3n) is 1.96. The minimum absolute atomic E-state index is 0.121. The second-order valence-electron chi connectivity index (χ2n) is 3.18. The molecule has 86 valence electrons. The molecule has 0 radical (unpaired) electrons. The van der Waals surface area contributed by atoms with Gasteiger partial charge in [0.2, 0.25) is 0 Å². The summed E-state index contributed by atoms with van der Waals surface area (Å²) in [5.74, 6) is -0.635. The average molecular weight is 222 g/mol. The normalized spacial score (nSPS) is 11.2. The van der Waals surface area contributed by atoms with Gasteiger partial charge in [0, 0.05) is 18.0 Å². The summed E-state index contributed by atoms with van der Waals surface area (Å²) in [7, 11) is 0. The van der Waals surface area contributed by atoms with Crippen LogP contribution in [0.15, 0.2) is 29.7 Å². The van der Waals surface area contributed by atoms with Gasteiger partial charge < -0.3 is 9.94 Å². The highest BCUT2D eigenvalue weighted by Crippen LogP contribution is 2.01. The van der Waals surface area contributed by atoms with Crippen molar-refractivity contribution in [2.75, 3.05) is 6.61 Å². The van der Waals surface area contributed by atoms with E-state index in [-0.39, 0.29) is 5.71 Å². The van der Waals surface area contributed by atoms with Crippen LogP contribution < -0.4 is 0 Å². The Morgan fingerprint density at radius 1 is 1.62 bits per heavy atom. The molecule has 5 nitrogen and oxygen atoms in total. The molecule has 1 aromatic heterocycles. The fourth-order valence-electron chi connectivity index (χ4n) is 1.10. The topological polar surface area (TPSA) is 71.8 Å². The number of hydrogen-bond acceptors (Lipinski definition) is 5. The van der Waals surface area contributed by atoms with E-state index in [2.05, 4.69) is 10.1 Å². The molecule has 0 aliphatic heterocycles. The number of esters is 1. The SMILES string of the molecule is CCCCOC(=O)/C(=N\O)c1cccnc1. The molecule has 1 heterocycles. The molecule has 0 aliphatic carbocycles. The molecule has 0 aliphatic rings. The van der Waals surface area contributed by atoms with Crippen LogP contribution in [0.2, 0.25) is 0 Å². The molecule has 0 saturated carbocycles. The van der Waals surface area contributed by atoms with E-state index in [0.717, 1.165) is 12.8 Å². The van der Waals surface area contributed by atoms with E-state index < -0.39 is 5.97 Å². The Kier molecular flexibility index (Phi) is 4.98. The molecule has 0 amide bonds. The maximum absolute atomic E-state index is 11.5. The van der Waals surface area contributed by atoms with Crippen LogP contribution >= 0.6 is 0 Å². The number of carbonyl (C=O) groups excluding carboxylic acids is 1. The van der Waals surface area contributed by atoms with E-state index in [1.54, 1.807) is 18.3 Å². The first-order valence-corrected chi connectivity index (χ1v) is 5.09. The number of ether oxygens (including phenoxy) is 1. The van der Waals surface area contributed by atoms with E-state index in [1.165, 1.54) is 6.20 Å². The van der Waals surface area contributed by atoms with Gasteiger partial charge in [-0.05, 0) is 18.6 Å². The van der Waals surface area contributed by atoms with E-state index in [4.69, 9.17) is 9.94 Å². The third kappa shape index (κ3) is 3.34. The van der Waals surface area contributed by atoms with E-state index in [0.29, 0.717) is 12.2 Å². The van der Waals surface area contributed by atoms with Gasteiger partial charge in [-0.15, -0.1) is 0 Å². The van der Waals surface area contributed by atoms with Gasteiger partial charge in [-0.2, -0.15) is 0 Å². The van der Waals surface area contributed by atoms with Crippen molar-refractivity contribution >= 4 is 11.7 Å². The molecule has 1 aromatic rings. The Labute approximate surface area is 93.8 Å². The molecule has 1 rings (SSSR count). The van der Waals surface area contributed by atoms with Gasteiger partial charge in [0.15, 0.2) is 5.71 Å². The summed E-state index contributed by atoms with van der Waals surface area (Å²) in [6, 6.07) is 3.28. The quantitative estimate of drug-likeness (QED) is 0.270. The van der Waals surface area contributed by atoms with Gasteiger partial charge in [-0.25, -0.2) is 4.79 Å². The Hall–Kier alpha value is -1.91. The highest BCUT2D eigenvalue weighted by molar-refractivity contribution is 6.43. The molecule has 16 heavy (non-hydrogen) atoms. The number of aromatic nitrogens is 1. The Morgan fingerprint density at radius 3 is 3.00 bits per heavy atom. The zero-order valence-corrected chi connectivity index (χ0v) is 9.09. The molecule has 0 fully saturated rings. The van der Waals surface area contributed by atoms with Crippen LogP contribution in [0.25, 0.3) is 0 Å². The predicted molar refractivity (Wildman–Crippen MR) is 58.4 cm³/mol. The van der Waals surface area contributed by atoms with Crippen LogP contribution in [0.5, 0.6) is 0 Å². The van der Waals surface area contributed by atoms with Gasteiger partial charge in [-0.1, -0.05) is 18.5 Å². The third-order valence-corrected chi connectivity index (χ3v) is 1.96. The van der Waals surface area contributed by atoms with E-state index in [1.807, 2.05) is 6.92 Å². The van der Waals surface area contributed by atoms with Crippen molar-refractivity contribution in [2.24, 2.45) is 5.16 Å². The molecular weight excluding hydrogens is 208 g/mol. The van der Waals surface area contributed by atoms with Crippen LogP contribution in [0, 0.1) is 0 Å². The second kappa shape index (κ2) is 6.55. The number of nitrogens with zero attached hydrogens (tertiary/aromatic N) is 2. The lowest BCUT2D eigenvalue weighted by molar-refractivity contribution is -0.135.